The van der Waals surface area contributed by atoms with E-state index < -0.39 is 0 Å². The number of halogens is 1. The van der Waals surface area contributed by atoms with Gasteiger partial charge in [0, 0.05) is 10.6 Å². The van der Waals surface area contributed by atoms with Crippen molar-refractivity contribution in [2.75, 3.05) is 7.11 Å². The van der Waals surface area contributed by atoms with Gasteiger partial charge in [-0.2, -0.15) is 14.9 Å². The second kappa shape index (κ2) is 6.76. The van der Waals surface area contributed by atoms with Crippen molar-refractivity contribution >= 4 is 30.0 Å². The van der Waals surface area contributed by atoms with Gasteiger partial charge in [-0.15, -0.1) is 0 Å². The van der Waals surface area contributed by atoms with E-state index >= 15 is 0 Å². The molecular formula is C16H13ClN4OS. The van der Waals surface area contributed by atoms with Gasteiger partial charge in [-0.3, -0.25) is 0 Å². The van der Waals surface area contributed by atoms with E-state index in [0.717, 1.165) is 11.1 Å². The zero-order valence-electron chi connectivity index (χ0n) is 12.2. The Morgan fingerprint density at radius 1 is 1.22 bits per heavy atom. The number of ether oxygens (including phenoxy) is 1. The summed E-state index contributed by atoms with van der Waals surface area (Å²) < 4.78 is 7.29. The van der Waals surface area contributed by atoms with Crippen LogP contribution >= 0.6 is 23.8 Å². The Hall–Kier alpha value is -2.44. The number of aromatic amines is 1. The molecule has 1 N–H and O–H groups in total. The molecule has 1 aromatic heterocycles. The van der Waals surface area contributed by atoms with E-state index in [1.165, 1.54) is 4.68 Å². The summed E-state index contributed by atoms with van der Waals surface area (Å²) in [4.78, 5) is 0. The molecule has 0 aliphatic rings. The van der Waals surface area contributed by atoms with Crippen molar-refractivity contribution < 1.29 is 4.74 Å². The molecule has 5 nitrogen and oxygen atoms in total. The van der Waals surface area contributed by atoms with Gasteiger partial charge in [-0.25, -0.2) is 5.10 Å². The highest BCUT2D eigenvalue weighted by Gasteiger charge is 2.12. The molecule has 1 heterocycles. The molecule has 23 heavy (non-hydrogen) atoms. The lowest BCUT2D eigenvalue weighted by atomic mass is 10.2. The number of benzene rings is 2. The van der Waals surface area contributed by atoms with Crippen molar-refractivity contribution in [3.8, 4) is 17.1 Å². The highest BCUT2D eigenvalue weighted by molar-refractivity contribution is 7.71. The summed E-state index contributed by atoms with van der Waals surface area (Å²) in [6.45, 7) is 0. The van der Waals surface area contributed by atoms with Crippen LogP contribution in [0.1, 0.15) is 5.56 Å². The lowest BCUT2D eigenvalue weighted by Gasteiger charge is -2.06. The fourth-order valence-electron chi connectivity index (χ4n) is 2.10. The van der Waals surface area contributed by atoms with Gasteiger partial charge < -0.3 is 4.74 Å². The quantitative estimate of drug-likeness (QED) is 0.571. The van der Waals surface area contributed by atoms with Gasteiger partial charge in [0.1, 0.15) is 5.75 Å². The van der Waals surface area contributed by atoms with E-state index in [9.17, 15) is 0 Å². The highest BCUT2D eigenvalue weighted by Crippen LogP contribution is 2.28. The first-order chi connectivity index (χ1) is 11.2. The van der Waals surface area contributed by atoms with Crippen LogP contribution < -0.4 is 4.74 Å². The maximum Gasteiger partial charge on any atom is 0.216 e. The molecule has 0 saturated carbocycles. The Morgan fingerprint density at radius 2 is 1.96 bits per heavy atom. The van der Waals surface area contributed by atoms with Crippen LogP contribution in [0, 0.1) is 4.77 Å². The molecule has 0 radical (unpaired) electrons. The molecule has 3 aromatic rings. The van der Waals surface area contributed by atoms with Crippen LogP contribution in [0.2, 0.25) is 5.02 Å². The number of aromatic nitrogens is 3. The van der Waals surface area contributed by atoms with Gasteiger partial charge in [0.15, 0.2) is 5.82 Å². The molecule has 0 atom stereocenters. The Balaban J connectivity index is 2.07. The van der Waals surface area contributed by atoms with Crippen molar-refractivity contribution in [2.24, 2.45) is 5.10 Å². The van der Waals surface area contributed by atoms with Gasteiger partial charge in [-0.05, 0) is 30.4 Å². The van der Waals surface area contributed by atoms with E-state index in [0.29, 0.717) is 21.4 Å². The number of H-pyrrole nitrogens is 1. The number of nitrogens with one attached hydrogen (secondary N) is 1. The van der Waals surface area contributed by atoms with E-state index in [-0.39, 0.29) is 0 Å². The highest BCUT2D eigenvalue weighted by atomic mass is 35.5. The first-order valence-electron chi connectivity index (χ1n) is 6.80. The zero-order valence-corrected chi connectivity index (χ0v) is 13.8. The van der Waals surface area contributed by atoms with E-state index in [1.54, 1.807) is 19.4 Å². The summed E-state index contributed by atoms with van der Waals surface area (Å²) in [5.74, 6) is 1.26. The van der Waals surface area contributed by atoms with Crippen LogP contribution in [0.15, 0.2) is 53.6 Å². The molecule has 2 aromatic carbocycles. The molecular weight excluding hydrogens is 332 g/mol. The second-order valence-corrected chi connectivity index (χ2v) is 5.42. The number of hydrogen-bond donors (Lipinski definition) is 1. The summed E-state index contributed by atoms with van der Waals surface area (Å²) in [5.41, 5.74) is 1.59. The molecule has 7 heteroatoms. The third-order valence-corrected chi connectivity index (χ3v) is 3.82. The molecule has 0 saturated heterocycles. The summed E-state index contributed by atoms with van der Waals surface area (Å²) in [6.07, 6.45) is 1.65. The minimum absolute atomic E-state index is 0.384. The lowest BCUT2D eigenvalue weighted by molar-refractivity contribution is 0.416. The smallest absolute Gasteiger partial charge is 0.216 e. The number of rotatable bonds is 4. The third-order valence-electron chi connectivity index (χ3n) is 3.22. The number of para-hydroxylation sites is 1. The van der Waals surface area contributed by atoms with Crippen LogP contribution in [0.25, 0.3) is 11.4 Å². The molecule has 116 valence electrons. The lowest BCUT2D eigenvalue weighted by Crippen LogP contribution is -1.97. The summed E-state index contributed by atoms with van der Waals surface area (Å²) in [6, 6.07) is 15.0. The van der Waals surface area contributed by atoms with Crippen LogP contribution in [-0.4, -0.2) is 28.2 Å². The molecule has 3 rings (SSSR count). The summed E-state index contributed by atoms with van der Waals surface area (Å²) in [5, 5.41) is 12.0. The standard InChI is InChI=1S/C16H13ClN4OS/c1-22-14-9-5-3-7-12(14)15-19-20-16(23)21(15)18-10-11-6-2-4-8-13(11)17/h2-10H,1H3,(H,20,23)/b18-10-. The predicted octanol–water partition coefficient (Wildman–Crippen LogP) is 4.15. The average molecular weight is 345 g/mol. The van der Waals surface area contributed by atoms with Crippen LogP contribution in [0.4, 0.5) is 0 Å². The average Bonchev–Trinajstić information content (AvgIpc) is 2.95. The molecule has 0 bridgehead atoms. The summed E-state index contributed by atoms with van der Waals surface area (Å²) >= 11 is 11.4. The first kappa shape index (κ1) is 15.5. The van der Waals surface area contributed by atoms with Crippen molar-refractivity contribution in [3.05, 3.63) is 63.9 Å². The van der Waals surface area contributed by atoms with Gasteiger partial charge in [0.05, 0.1) is 18.9 Å². The second-order valence-electron chi connectivity index (χ2n) is 4.63. The minimum Gasteiger partial charge on any atom is -0.496 e. The normalized spacial score (nSPS) is 11.0. The Morgan fingerprint density at radius 3 is 2.74 bits per heavy atom. The molecule has 0 spiro atoms. The predicted molar refractivity (Wildman–Crippen MR) is 93.8 cm³/mol. The number of nitrogens with zero attached hydrogens (tertiary/aromatic N) is 3. The Bertz CT molecular complexity index is 916. The zero-order chi connectivity index (χ0) is 16.2. The van der Waals surface area contributed by atoms with E-state index in [4.69, 9.17) is 28.6 Å². The van der Waals surface area contributed by atoms with Gasteiger partial charge in [0.25, 0.3) is 0 Å². The van der Waals surface area contributed by atoms with Crippen molar-refractivity contribution in [2.45, 2.75) is 0 Å². The third kappa shape index (κ3) is 3.18. The minimum atomic E-state index is 0.384. The van der Waals surface area contributed by atoms with Gasteiger partial charge in [-0.1, -0.05) is 41.9 Å². The first-order valence-corrected chi connectivity index (χ1v) is 7.59. The molecule has 0 fully saturated rings. The maximum absolute atomic E-state index is 6.14. The Kier molecular flexibility index (Phi) is 4.55. The molecule has 0 amide bonds. The monoisotopic (exact) mass is 344 g/mol. The van der Waals surface area contributed by atoms with E-state index in [1.807, 2.05) is 42.5 Å². The largest absolute Gasteiger partial charge is 0.496 e. The van der Waals surface area contributed by atoms with Gasteiger partial charge >= 0.3 is 0 Å². The number of hydrogen-bond acceptors (Lipinski definition) is 4. The van der Waals surface area contributed by atoms with Crippen LogP contribution in [-0.2, 0) is 0 Å². The SMILES string of the molecule is COc1ccccc1-c1n[nH]c(=S)n1/N=C\c1ccccc1Cl. The molecule has 0 aliphatic carbocycles. The van der Waals surface area contributed by atoms with Crippen molar-refractivity contribution in [1.29, 1.82) is 0 Å². The van der Waals surface area contributed by atoms with E-state index in [2.05, 4.69) is 15.3 Å². The maximum atomic E-state index is 6.14. The fraction of sp³-hybridized carbons (Fsp3) is 0.0625. The molecule has 0 unspecified atom stereocenters. The fourth-order valence-corrected chi connectivity index (χ4v) is 2.47. The van der Waals surface area contributed by atoms with Crippen molar-refractivity contribution in [3.63, 3.8) is 0 Å². The van der Waals surface area contributed by atoms with Crippen molar-refractivity contribution in [1.82, 2.24) is 14.9 Å². The Labute approximate surface area is 143 Å². The van der Waals surface area contributed by atoms with Gasteiger partial charge in [0.2, 0.25) is 4.77 Å². The number of methoxy groups -OCH3 is 1. The van der Waals surface area contributed by atoms with Crippen LogP contribution in [0.3, 0.4) is 0 Å². The molecule has 0 aliphatic heterocycles. The topological polar surface area (TPSA) is 55.2 Å². The van der Waals surface area contributed by atoms with Crippen LogP contribution in [0.5, 0.6) is 5.75 Å². The summed E-state index contributed by atoms with van der Waals surface area (Å²) in [7, 11) is 1.61.